The molecule has 0 fully saturated rings. The number of aliphatic carboxylic acids is 1. The molecule has 2 aromatic rings. The van der Waals surface area contributed by atoms with Crippen LogP contribution in [-0.4, -0.2) is 33.6 Å². The molecule has 7 heteroatoms. The van der Waals surface area contributed by atoms with Gasteiger partial charge in [-0.15, -0.1) is 0 Å². The smallest absolute Gasteiger partial charge is 0.322 e. The Morgan fingerprint density at radius 3 is 2.56 bits per heavy atom. The highest BCUT2D eigenvalue weighted by Crippen LogP contribution is 2.31. The average molecular weight is 363 g/mol. The normalized spacial score (nSPS) is 11.8. The number of halogens is 1. The van der Waals surface area contributed by atoms with E-state index in [9.17, 15) is 14.7 Å². The predicted molar refractivity (Wildman–Crippen MR) is 95.0 cm³/mol. The number of hydrogen-bond acceptors (Lipinski definition) is 4. The van der Waals surface area contributed by atoms with E-state index in [1.807, 2.05) is 12.1 Å². The van der Waals surface area contributed by atoms with Crippen molar-refractivity contribution in [3.8, 4) is 16.9 Å². The zero-order chi connectivity index (χ0) is 18.6. The van der Waals surface area contributed by atoms with Gasteiger partial charge in [0.1, 0.15) is 12.3 Å². The van der Waals surface area contributed by atoms with Crippen LogP contribution in [-0.2, 0) is 4.79 Å². The summed E-state index contributed by atoms with van der Waals surface area (Å²) < 4.78 is 0. The third kappa shape index (κ3) is 4.70. The van der Waals surface area contributed by atoms with E-state index in [1.165, 1.54) is 12.3 Å². The second kappa shape index (κ2) is 7.98. The van der Waals surface area contributed by atoms with E-state index in [1.54, 1.807) is 6.07 Å². The first-order valence-electron chi connectivity index (χ1n) is 7.81. The molecule has 0 radical (unpaired) electrons. The number of carboxylic acid groups (broad SMARTS) is 1. The second-order valence-electron chi connectivity index (χ2n) is 5.75. The average Bonchev–Trinajstić information content (AvgIpc) is 2.58. The molecule has 0 saturated heterocycles. The molecular weight excluding hydrogens is 344 g/mol. The Labute approximate surface area is 150 Å². The molecule has 1 atom stereocenters. The van der Waals surface area contributed by atoms with Crippen molar-refractivity contribution in [1.29, 1.82) is 0 Å². The molecule has 2 rings (SSSR count). The van der Waals surface area contributed by atoms with Crippen LogP contribution in [0.3, 0.4) is 0 Å². The van der Waals surface area contributed by atoms with Crippen molar-refractivity contribution in [2.45, 2.75) is 26.2 Å². The molecule has 1 aromatic carbocycles. The van der Waals surface area contributed by atoms with Gasteiger partial charge in [0.15, 0.2) is 5.69 Å². The van der Waals surface area contributed by atoms with Gasteiger partial charge in [0.25, 0.3) is 5.91 Å². The first kappa shape index (κ1) is 18.7. The number of amides is 1. The highest BCUT2D eigenvalue weighted by molar-refractivity contribution is 6.31. The lowest BCUT2D eigenvalue weighted by Gasteiger charge is -2.13. The van der Waals surface area contributed by atoms with Gasteiger partial charge in [0, 0.05) is 16.8 Å². The van der Waals surface area contributed by atoms with Crippen molar-refractivity contribution in [2.75, 3.05) is 6.54 Å². The number of nitrogens with zero attached hydrogens (tertiary/aromatic N) is 1. The van der Waals surface area contributed by atoms with Gasteiger partial charge < -0.3 is 15.5 Å². The van der Waals surface area contributed by atoms with Gasteiger partial charge in [-0.3, -0.25) is 9.59 Å². The topological polar surface area (TPSA) is 99.5 Å². The predicted octanol–water partition coefficient (Wildman–Crippen LogP) is 3.44. The van der Waals surface area contributed by atoms with Crippen LogP contribution in [0.2, 0.25) is 5.02 Å². The number of pyridine rings is 1. The maximum atomic E-state index is 11.8. The molecule has 132 valence electrons. The standard InChI is InChI=1S/C18H19ClN2O4/c1-3-10(2)11-4-12(6-14(19)5-11)13-7-15(22)17(20-8-13)18(25)21-9-16(23)24/h4-8,10,22H,3,9H2,1-2H3,(H,21,25)(H,23,24). The van der Waals surface area contributed by atoms with Gasteiger partial charge in [0.2, 0.25) is 0 Å². The number of rotatable bonds is 6. The largest absolute Gasteiger partial charge is 0.505 e. The molecular formula is C18H19ClN2O4. The van der Waals surface area contributed by atoms with Crippen molar-refractivity contribution in [3.63, 3.8) is 0 Å². The van der Waals surface area contributed by atoms with Gasteiger partial charge in [0.05, 0.1) is 0 Å². The molecule has 25 heavy (non-hydrogen) atoms. The van der Waals surface area contributed by atoms with Crippen LogP contribution < -0.4 is 5.32 Å². The van der Waals surface area contributed by atoms with Crippen molar-refractivity contribution < 1.29 is 19.8 Å². The van der Waals surface area contributed by atoms with E-state index in [0.717, 1.165) is 17.5 Å². The highest BCUT2D eigenvalue weighted by atomic mass is 35.5. The minimum atomic E-state index is -1.18. The summed E-state index contributed by atoms with van der Waals surface area (Å²) in [4.78, 5) is 26.3. The molecule has 0 bridgehead atoms. The van der Waals surface area contributed by atoms with E-state index < -0.39 is 18.4 Å². The molecule has 3 N–H and O–H groups in total. The fourth-order valence-electron chi connectivity index (χ4n) is 2.32. The Morgan fingerprint density at radius 2 is 1.96 bits per heavy atom. The number of aromatic nitrogens is 1. The maximum Gasteiger partial charge on any atom is 0.322 e. The van der Waals surface area contributed by atoms with Crippen LogP contribution >= 0.6 is 11.6 Å². The van der Waals surface area contributed by atoms with Crippen LogP contribution in [0.25, 0.3) is 11.1 Å². The molecule has 0 aliphatic rings. The molecule has 1 unspecified atom stereocenters. The molecule has 1 heterocycles. The highest BCUT2D eigenvalue weighted by Gasteiger charge is 2.15. The quantitative estimate of drug-likeness (QED) is 0.731. The third-order valence-electron chi connectivity index (χ3n) is 3.92. The molecule has 0 aliphatic heterocycles. The molecule has 0 spiro atoms. The maximum absolute atomic E-state index is 11.8. The lowest BCUT2D eigenvalue weighted by atomic mass is 9.95. The van der Waals surface area contributed by atoms with Crippen LogP contribution in [0.4, 0.5) is 0 Å². The van der Waals surface area contributed by atoms with Gasteiger partial charge in [-0.25, -0.2) is 4.98 Å². The fraction of sp³-hybridized carbons (Fsp3) is 0.278. The first-order chi connectivity index (χ1) is 11.8. The van der Waals surface area contributed by atoms with Gasteiger partial charge in [-0.2, -0.15) is 0 Å². The van der Waals surface area contributed by atoms with E-state index in [0.29, 0.717) is 16.5 Å². The molecule has 1 amide bonds. The van der Waals surface area contributed by atoms with Crippen LogP contribution in [0, 0.1) is 0 Å². The Balaban J connectivity index is 2.33. The fourth-order valence-corrected chi connectivity index (χ4v) is 2.57. The molecule has 1 aromatic heterocycles. The van der Waals surface area contributed by atoms with Crippen LogP contribution in [0.5, 0.6) is 5.75 Å². The number of aromatic hydroxyl groups is 1. The summed E-state index contributed by atoms with van der Waals surface area (Å²) in [7, 11) is 0. The minimum absolute atomic E-state index is 0.228. The summed E-state index contributed by atoms with van der Waals surface area (Å²) in [5.74, 6) is -1.93. The van der Waals surface area contributed by atoms with E-state index in [-0.39, 0.29) is 11.4 Å². The van der Waals surface area contributed by atoms with E-state index >= 15 is 0 Å². The minimum Gasteiger partial charge on any atom is -0.505 e. The SMILES string of the molecule is CCC(C)c1cc(Cl)cc(-c2cnc(C(=O)NCC(=O)O)c(O)c2)c1. The Hall–Kier alpha value is -2.60. The van der Waals surface area contributed by atoms with Crippen molar-refractivity contribution in [2.24, 2.45) is 0 Å². The third-order valence-corrected chi connectivity index (χ3v) is 4.14. The number of benzene rings is 1. The number of carboxylic acids is 1. The molecule has 0 saturated carbocycles. The summed E-state index contributed by atoms with van der Waals surface area (Å²) >= 11 is 6.19. The Kier molecular flexibility index (Phi) is 5.98. The summed E-state index contributed by atoms with van der Waals surface area (Å²) in [5, 5.41) is 21.4. The van der Waals surface area contributed by atoms with Crippen molar-refractivity contribution in [3.05, 3.63) is 46.7 Å². The Bertz CT molecular complexity index is 808. The summed E-state index contributed by atoms with van der Waals surface area (Å²) in [6, 6.07) is 7.05. The van der Waals surface area contributed by atoms with Gasteiger partial charge in [-0.05, 0) is 41.7 Å². The number of carbonyl (C=O) groups excluding carboxylic acids is 1. The molecule has 0 aliphatic carbocycles. The van der Waals surface area contributed by atoms with Crippen LogP contribution in [0.1, 0.15) is 42.2 Å². The monoisotopic (exact) mass is 362 g/mol. The summed E-state index contributed by atoms with van der Waals surface area (Å²) in [6.07, 6.45) is 2.41. The zero-order valence-electron chi connectivity index (χ0n) is 13.9. The summed E-state index contributed by atoms with van der Waals surface area (Å²) in [5.41, 5.74) is 2.24. The molecule has 6 nitrogen and oxygen atoms in total. The van der Waals surface area contributed by atoms with Gasteiger partial charge >= 0.3 is 5.97 Å². The number of carbonyl (C=O) groups is 2. The lowest BCUT2D eigenvalue weighted by molar-refractivity contribution is -0.135. The van der Waals surface area contributed by atoms with Crippen LogP contribution in [0.15, 0.2) is 30.5 Å². The summed E-state index contributed by atoms with van der Waals surface area (Å²) in [6.45, 7) is 3.64. The Morgan fingerprint density at radius 1 is 1.24 bits per heavy atom. The van der Waals surface area contributed by atoms with Crippen molar-refractivity contribution in [1.82, 2.24) is 10.3 Å². The second-order valence-corrected chi connectivity index (χ2v) is 6.19. The zero-order valence-corrected chi connectivity index (χ0v) is 14.7. The lowest BCUT2D eigenvalue weighted by Crippen LogP contribution is -2.29. The van der Waals surface area contributed by atoms with E-state index in [4.69, 9.17) is 16.7 Å². The first-order valence-corrected chi connectivity index (χ1v) is 8.19. The number of hydrogen-bond donors (Lipinski definition) is 3. The number of nitrogens with one attached hydrogen (secondary N) is 1. The van der Waals surface area contributed by atoms with E-state index in [2.05, 4.69) is 24.1 Å². The van der Waals surface area contributed by atoms with Crippen molar-refractivity contribution >= 4 is 23.5 Å². The van der Waals surface area contributed by atoms with Gasteiger partial charge in [-0.1, -0.05) is 31.5 Å².